The van der Waals surface area contributed by atoms with Gasteiger partial charge in [-0.15, -0.1) is 0 Å². The standard InChI is InChI=1S/C14H20O2/c1-4-11(2)13-5-7-14(8-6-13)16-10-9-12(3)15/h5-8,11H,4,9-10H2,1-3H3. The van der Waals surface area contributed by atoms with Gasteiger partial charge in [-0.2, -0.15) is 0 Å². The van der Waals surface area contributed by atoms with Crippen LogP contribution < -0.4 is 4.74 Å². The number of hydrogen-bond donors (Lipinski definition) is 0. The highest BCUT2D eigenvalue weighted by molar-refractivity contribution is 5.75. The highest BCUT2D eigenvalue weighted by Crippen LogP contribution is 2.21. The normalized spacial score (nSPS) is 12.2. The molecule has 0 aromatic heterocycles. The monoisotopic (exact) mass is 220 g/mol. The van der Waals surface area contributed by atoms with Gasteiger partial charge in [-0.3, -0.25) is 4.79 Å². The van der Waals surface area contributed by atoms with E-state index < -0.39 is 0 Å². The van der Waals surface area contributed by atoms with Gasteiger partial charge < -0.3 is 4.74 Å². The number of carbonyl (C=O) groups is 1. The highest BCUT2D eigenvalue weighted by Gasteiger charge is 2.02. The van der Waals surface area contributed by atoms with Crippen molar-refractivity contribution in [3.05, 3.63) is 29.8 Å². The van der Waals surface area contributed by atoms with Crippen molar-refractivity contribution >= 4 is 5.78 Å². The fourth-order valence-electron chi connectivity index (χ4n) is 1.44. The zero-order valence-corrected chi connectivity index (χ0v) is 10.3. The summed E-state index contributed by atoms with van der Waals surface area (Å²) in [4.78, 5) is 10.7. The molecule has 0 radical (unpaired) electrons. The molecule has 16 heavy (non-hydrogen) atoms. The van der Waals surface area contributed by atoms with Gasteiger partial charge in [-0.05, 0) is 37.0 Å². The summed E-state index contributed by atoms with van der Waals surface area (Å²) in [6.45, 7) is 6.45. The molecule has 1 unspecified atom stereocenters. The summed E-state index contributed by atoms with van der Waals surface area (Å²) >= 11 is 0. The molecule has 0 heterocycles. The molecule has 0 saturated heterocycles. The summed E-state index contributed by atoms with van der Waals surface area (Å²) in [7, 11) is 0. The van der Waals surface area contributed by atoms with E-state index in [-0.39, 0.29) is 5.78 Å². The minimum absolute atomic E-state index is 0.163. The third kappa shape index (κ3) is 4.05. The highest BCUT2D eigenvalue weighted by atomic mass is 16.5. The van der Waals surface area contributed by atoms with E-state index in [4.69, 9.17) is 4.74 Å². The van der Waals surface area contributed by atoms with Gasteiger partial charge in [0.25, 0.3) is 0 Å². The fourth-order valence-corrected chi connectivity index (χ4v) is 1.44. The zero-order valence-electron chi connectivity index (χ0n) is 10.3. The van der Waals surface area contributed by atoms with Crippen LogP contribution in [0.5, 0.6) is 5.75 Å². The van der Waals surface area contributed by atoms with Crippen LogP contribution in [0.15, 0.2) is 24.3 Å². The van der Waals surface area contributed by atoms with E-state index >= 15 is 0 Å². The first-order valence-electron chi connectivity index (χ1n) is 5.85. The van der Waals surface area contributed by atoms with Gasteiger partial charge in [-0.1, -0.05) is 26.0 Å². The van der Waals surface area contributed by atoms with E-state index in [9.17, 15) is 4.79 Å². The number of rotatable bonds is 6. The summed E-state index contributed by atoms with van der Waals surface area (Å²) in [6, 6.07) is 8.14. The average molecular weight is 220 g/mol. The van der Waals surface area contributed by atoms with E-state index in [1.54, 1.807) is 6.92 Å². The van der Waals surface area contributed by atoms with Crippen LogP contribution in [0.2, 0.25) is 0 Å². The van der Waals surface area contributed by atoms with Gasteiger partial charge >= 0.3 is 0 Å². The summed E-state index contributed by atoms with van der Waals surface area (Å²) in [5, 5.41) is 0. The third-order valence-corrected chi connectivity index (χ3v) is 2.78. The van der Waals surface area contributed by atoms with Crippen LogP contribution in [-0.2, 0) is 4.79 Å². The summed E-state index contributed by atoms with van der Waals surface area (Å²) < 4.78 is 5.46. The lowest BCUT2D eigenvalue weighted by molar-refractivity contribution is -0.117. The molecule has 1 rings (SSSR count). The van der Waals surface area contributed by atoms with E-state index in [0.717, 1.165) is 12.2 Å². The Kier molecular flexibility index (Phi) is 5.03. The number of hydrogen-bond acceptors (Lipinski definition) is 2. The topological polar surface area (TPSA) is 26.3 Å². The van der Waals surface area contributed by atoms with Crippen molar-refractivity contribution in [1.29, 1.82) is 0 Å². The van der Waals surface area contributed by atoms with Crippen molar-refractivity contribution in [2.24, 2.45) is 0 Å². The molecule has 88 valence electrons. The van der Waals surface area contributed by atoms with Gasteiger partial charge in [0.15, 0.2) is 0 Å². The zero-order chi connectivity index (χ0) is 12.0. The Morgan fingerprint density at radius 2 is 1.94 bits per heavy atom. The molecule has 0 aliphatic heterocycles. The van der Waals surface area contributed by atoms with E-state index in [1.807, 2.05) is 12.1 Å². The molecular weight excluding hydrogens is 200 g/mol. The molecule has 0 aliphatic rings. The molecule has 0 fully saturated rings. The third-order valence-electron chi connectivity index (χ3n) is 2.78. The van der Waals surface area contributed by atoms with Gasteiger partial charge in [0.2, 0.25) is 0 Å². The molecule has 2 nitrogen and oxygen atoms in total. The molecule has 1 atom stereocenters. The van der Waals surface area contributed by atoms with Crippen molar-refractivity contribution in [1.82, 2.24) is 0 Å². The average Bonchev–Trinajstić information content (AvgIpc) is 2.28. The van der Waals surface area contributed by atoms with Crippen LogP contribution in [0, 0.1) is 0 Å². The predicted octanol–water partition coefficient (Wildman–Crippen LogP) is 3.56. The van der Waals surface area contributed by atoms with Crippen LogP contribution in [-0.4, -0.2) is 12.4 Å². The molecule has 0 aliphatic carbocycles. The first-order chi connectivity index (χ1) is 7.63. The van der Waals surface area contributed by atoms with Crippen LogP contribution in [0.4, 0.5) is 0 Å². The summed E-state index contributed by atoms with van der Waals surface area (Å²) in [5.74, 6) is 1.59. The lowest BCUT2D eigenvalue weighted by Crippen LogP contribution is -2.02. The predicted molar refractivity (Wildman–Crippen MR) is 65.9 cm³/mol. The number of carbonyl (C=O) groups excluding carboxylic acids is 1. The Balaban J connectivity index is 2.48. The lowest BCUT2D eigenvalue weighted by atomic mass is 9.99. The van der Waals surface area contributed by atoms with Gasteiger partial charge in [0.1, 0.15) is 11.5 Å². The van der Waals surface area contributed by atoms with E-state index in [0.29, 0.717) is 18.9 Å². The Morgan fingerprint density at radius 1 is 1.31 bits per heavy atom. The maximum Gasteiger partial charge on any atom is 0.133 e. The molecule has 0 amide bonds. The second-order valence-electron chi connectivity index (χ2n) is 4.18. The SMILES string of the molecule is CCC(C)c1ccc(OCCC(C)=O)cc1. The molecule has 0 spiro atoms. The quantitative estimate of drug-likeness (QED) is 0.732. The maximum absolute atomic E-state index is 10.7. The Bertz CT molecular complexity index is 327. The van der Waals surface area contributed by atoms with Gasteiger partial charge in [-0.25, -0.2) is 0 Å². The Hall–Kier alpha value is -1.31. The minimum atomic E-state index is 0.163. The fraction of sp³-hybridized carbons (Fsp3) is 0.500. The lowest BCUT2D eigenvalue weighted by Gasteiger charge is -2.10. The first-order valence-corrected chi connectivity index (χ1v) is 5.85. The maximum atomic E-state index is 10.7. The molecular formula is C14H20O2. The molecule has 1 aromatic carbocycles. The summed E-state index contributed by atoms with van der Waals surface area (Å²) in [6.07, 6.45) is 1.62. The minimum Gasteiger partial charge on any atom is -0.493 e. The van der Waals surface area contributed by atoms with Crippen molar-refractivity contribution in [2.75, 3.05) is 6.61 Å². The number of ether oxygens (including phenoxy) is 1. The van der Waals surface area contributed by atoms with Crippen molar-refractivity contribution in [3.8, 4) is 5.75 Å². The summed E-state index contributed by atoms with van der Waals surface area (Å²) in [5.41, 5.74) is 1.33. The van der Waals surface area contributed by atoms with Crippen molar-refractivity contribution in [2.45, 2.75) is 39.5 Å². The largest absolute Gasteiger partial charge is 0.493 e. The van der Waals surface area contributed by atoms with Crippen molar-refractivity contribution < 1.29 is 9.53 Å². The smallest absolute Gasteiger partial charge is 0.133 e. The first kappa shape index (κ1) is 12.8. The van der Waals surface area contributed by atoms with Gasteiger partial charge in [0, 0.05) is 6.42 Å². The second kappa shape index (κ2) is 6.31. The number of Topliss-reactive ketones (excluding diaryl/α,β-unsaturated/α-hetero) is 1. The van der Waals surface area contributed by atoms with E-state index in [2.05, 4.69) is 26.0 Å². The Labute approximate surface area is 97.6 Å². The van der Waals surface area contributed by atoms with Crippen LogP contribution >= 0.6 is 0 Å². The number of ketones is 1. The van der Waals surface area contributed by atoms with Gasteiger partial charge in [0.05, 0.1) is 6.61 Å². The molecule has 1 aromatic rings. The molecule has 2 heteroatoms. The molecule has 0 saturated carbocycles. The van der Waals surface area contributed by atoms with Crippen LogP contribution in [0.25, 0.3) is 0 Å². The molecule has 0 bridgehead atoms. The van der Waals surface area contributed by atoms with E-state index in [1.165, 1.54) is 5.56 Å². The second-order valence-corrected chi connectivity index (χ2v) is 4.18. The number of benzene rings is 1. The van der Waals surface area contributed by atoms with Crippen LogP contribution in [0.1, 0.15) is 45.1 Å². The van der Waals surface area contributed by atoms with Crippen LogP contribution in [0.3, 0.4) is 0 Å². The molecule has 0 N–H and O–H groups in total. The van der Waals surface area contributed by atoms with Crippen molar-refractivity contribution in [3.63, 3.8) is 0 Å². The Morgan fingerprint density at radius 3 is 2.44 bits per heavy atom.